The fourth-order valence-electron chi connectivity index (χ4n) is 1.77. The maximum atomic E-state index is 11.8. The van der Waals surface area contributed by atoms with Crippen molar-refractivity contribution in [1.82, 2.24) is 10.6 Å². The third kappa shape index (κ3) is 6.53. The Balaban J connectivity index is 2.62. The van der Waals surface area contributed by atoms with E-state index in [1.807, 2.05) is 30.3 Å². The van der Waals surface area contributed by atoms with E-state index in [4.69, 9.17) is 10.8 Å². The van der Waals surface area contributed by atoms with Gasteiger partial charge in [-0.2, -0.15) is 0 Å². The lowest BCUT2D eigenvalue weighted by Gasteiger charge is -2.18. The van der Waals surface area contributed by atoms with E-state index in [1.165, 1.54) is 0 Å². The predicted octanol–water partition coefficient (Wildman–Crippen LogP) is -0.216. The summed E-state index contributed by atoms with van der Waals surface area (Å²) in [6.45, 7) is -0.374. The molecule has 0 aliphatic carbocycles. The van der Waals surface area contributed by atoms with Gasteiger partial charge in [0.2, 0.25) is 11.8 Å². The smallest absolute Gasteiger partial charge is 0.303 e. The van der Waals surface area contributed by atoms with Gasteiger partial charge in [0.1, 0.15) is 0 Å². The summed E-state index contributed by atoms with van der Waals surface area (Å²) < 4.78 is 0. The summed E-state index contributed by atoms with van der Waals surface area (Å²) in [6, 6.07) is 8.67. The fraction of sp³-hybridized carbons (Fsp3) is 0.357. The van der Waals surface area contributed by atoms with Crippen molar-refractivity contribution in [2.75, 3.05) is 13.1 Å². The normalized spacial score (nSPS) is 11.5. The lowest BCUT2D eigenvalue weighted by Crippen LogP contribution is -2.40. The third-order valence-electron chi connectivity index (χ3n) is 2.82. The zero-order valence-electron chi connectivity index (χ0n) is 11.5. The molecule has 0 aliphatic heterocycles. The van der Waals surface area contributed by atoms with E-state index < -0.39 is 23.8 Å². The molecule has 7 nitrogen and oxygen atoms in total. The number of nitrogens with one attached hydrogen (secondary N) is 2. The maximum Gasteiger partial charge on any atom is 0.303 e. The highest BCUT2D eigenvalue weighted by molar-refractivity contribution is 5.85. The van der Waals surface area contributed by atoms with Crippen LogP contribution in [0.3, 0.4) is 0 Å². The van der Waals surface area contributed by atoms with Crippen LogP contribution in [0.25, 0.3) is 0 Å². The highest BCUT2D eigenvalue weighted by atomic mass is 16.4. The Bertz CT molecular complexity index is 490. The van der Waals surface area contributed by atoms with Crippen molar-refractivity contribution in [1.29, 1.82) is 0 Å². The molecule has 0 heterocycles. The van der Waals surface area contributed by atoms with Gasteiger partial charge in [0.05, 0.1) is 19.1 Å². The first kappa shape index (κ1) is 16.6. The van der Waals surface area contributed by atoms with E-state index in [2.05, 4.69) is 10.6 Å². The van der Waals surface area contributed by atoms with Gasteiger partial charge in [-0.25, -0.2) is 0 Å². The van der Waals surface area contributed by atoms with Gasteiger partial charge in [-0.15, -0.1) is 0 Å². The SMILES string of the molecule is NCC(=O)NCC(=O)NC(CCC(=O)O)c1ccccc1. The molecule has 5 N–H and O–H groups in total. The molecule has 0 aliphatic rings. The van der Waals surface area contributed by atoms with Crippen LogP contribution < -0.4 is 16.4 Å². The molecule has 114 valence electrons. The second-order valence-electron chi connectivity index (χ2n) is 4.44. The van der Waals surface area contributed by atoms with Crippen LogP contribution >= 0.6 is 0 Å². The van der Waals surface area contributed by atoms with Crippen molar-refractivity contribution in [3.05, 3.63) is 35.9 Å². The summed E-state index contributed by atoms with van der Waals surface area (Å²) in [5.74, 6) is -1.75. The number of hydrogen-bond acceptors (Lipinski definition) is 4. The first-order valence-corrected chi connectivity index (χ1v) is 6.55. The number of hydrogen-bond donors (Lipinski definition) is 4. The Morgan fingerprint density at radius 1 is 1.14 bits per heavy atom. The van der Waals surface area contributed by atoms with Gasteiger partial charge in [-0.3, -0.25) is 14.4 Å². The van der Waals surface area contributed by atoms with Gasteiger partial charge in [-0.05, 0) is 12.0 Å². The van der Waals surface area contributed by atoms with Crippen molar-refractivity contribution < 1.29 is 19.5 Å². The van der Waals surface area contributed by atoms with Crippen molar-refractivity contribution in [2.24, 2.45) is 5.73 Å². The van der Waals surface area contributed by atoms with Crippen molar-refractivity contribution >= 4 is 17.8 Å². The van der Waals surface area contributed by atoms with Gasteiger partial charge in [0.25, 0.3) is 0 Å². The molecule has 7 heteroatoms. The molecule has 0 saturated carbocycles. The van der Waals surface area contributed by atoms with Crippen molar-refractivity contribution in [3.8, 4) is 0 Å². The zero-order valence-corrected chi connectivity index (χ0v) is 11.5. The number of rotatable bonds is 8. The fourth-order valence-corrected chi connectivity index (χ4v) is 1.77. The first-order chi connectivity index (χ1) is 10.0. The standard InChI is InChI=1S/C14H19N3O4/c15-8-12(18)16-9-13(19)17-11(6-7-14(20)21)10-4-2-1-3-5-10/h1-5,11H,6-9,15H2,(H,16,18)(H,17,19)(H,20,21). The highest BCUT2D eigenvalue weighted by Crippen LogP contribution is 2.18. The summed E-state index contributed by atoms with van der Waals surface area (Å²) >= 11 is 0. The van der Waals surface area contributed by atoms with Crippen LogP contribution in [0.4, 0.5) is 0 Å². The van der Waals surface area contributed by atoms with Crippen LogP contribution in [0.15, 0.2) is 30.3 Å². The molecule has 0 fully saturated rings. The van der Waals surface area contributed by atoms with E-state index in [0.29, 0.717) is 0 Å². The highest BCUT2D eigenvalue weighted by Gasteiger charge is 2.16. The monoisotopic (exact) mass is 293 g/mol. The second kappa shape index (κ2) is 8.70. The minimum atomic E-state index is -0.929. The molecule has 1 aromatic carbocycles. The van der Waals surface area contributed by atoms with E-state index in [0.717, 1.165) is 5.56 Å². The van der Waals surface area contributed by atoms with Crippen LogP contribution in [0, 0.1) is 0 Å². The molecule has 0 bridgehead atoms. The molecule has 0 radical (unpaired) electrons. The van der Waals surface area contributed by atoms with Gasteiger partial charge in [0, 0.05) is 6.42 Å². The van der Waals surface area contributed by atoms with E-state index in [-0.39, 0.29) is 25.9 Å². The lowest BCUT2D eigenvalue weighted by molar-refractivity contribution is -0.137. The summed E-state index contributed by atoms with van der Waals surface area (Å²) in [6.07, 6.45) is 0.213. The topological polar surface area (TPSA) is 122 Å². The largest absolute Gasteiger partial charge is 0.481 e. The summed E-state index contributed by atoms with van der Waals surface area (Å²) in [5.41, 5.74) is 5.94. The molecular formula is C14H19N3O4. The van der Waals surface area contributed by atoms with Crippen LogP contribution in [-0.4, -0.2) is 36.0 Å². The minimum absolute atomic E-state index is 0.0605. The quantitative estimate of drug-likeness (QED) is 0.528. The van der Waals surface area contributed by atoms with E-state index in [1.54, 1.807) is 0 Å². The summed E-state index contributed by atoms with van der Waals surface area (Å²) in [4.78, 5) is 33.5. The molecular weight excluding hydrogens is 274 g/mol. The van der Waals surface area contributed by atoms with Gasteiger partial charge in [-0.1, -0.05) is 30.3 Å². The van der Waals surface area contributed by atoms with Gasteiger partial charge >= 0.3 is 5.97 Å². The minimum Gasteiger partial charge on any atom is -0.481 e. The predicted molar refractivity (Wildman–Crippen MR) is 76.3 cm³/mol. The molecule has 21 heavy (non-hydrogen) atoms. The molecule has 1 rings (SSSR count). The number of carbonyl (C=O) groups excluding carboxylic acids is 2. The Morgan fingerprint density at radius 3 is 2.38 bits per heavy atom. The zero-order chi connectivity index (χ0) is 15.7. The number of nitrogens with two attached hydrogens (primary N) is 1. The molecule has 0 aromatic heterocycles. The average Bonchev–Trinajstić information content (AvgIpc) is 2.49. The number of carboxylic acid groups (broad SMARTS) is 1. The number of aliphatic carboxylic acids is 1. The number of benzene rings is 1. The molecule has 0 saturated heterocycles. The second-order valence-corrected chi connectivity index (χ2v) is 4.44. The number of carboxylic acids is 1. The Labute approximate surface area is 122 Å². The molecule has 1 aromatic rings. The van der Waals surface area contributed by atoms with E-state index in [9.17, 15) is 14.4 Å². The maximum absolute atomic E-state index is 11.8. The molecule has 2 amide bonds. The Kier molecular flexibility index (Phi) is 6.90. The Morgan fingerprint density at radius 2 is 1.81 bits per heavy atom. The van der Waals surface area contributed by atoms with E-state index >= 15 is 0 Å². The van der Waals surface area contributed by atoms with Crippen LogP contribution in [0.5, 0.6) is 0 Å². The lowest BCUT2D eigenvalue weighted by atomic mass is 10.0. The van der Waals surface area contributed by atoms with Crippen LogP contribution in [0.1, 0.15) is 24.4 Å². The summed E-state index contributed by atoms with van der Waals surface area (Å²) in [5, 5.41) is 13.8. The van der Waals surface area contributed by atoms with Gasteiger partial charge in [0.15, 0.2) is 0 Å². The van der Waals surface area contributed by atoms with Crippen LogP contribution in [0.2, 0.25) is 0 Å². The van der Waals surface area contributed by atoms with Crippen LogP contribution in [-0.2, 0) is 14.4 Å². The molecule has 1 atom stereocenters. The molecule has 0 spiro atoms. The number of amides is 2. The number of carbonyl (C=O) groups is 3. The Hall–Kier alpha value is -2.41. The third-order valence-corrected chi connectivity index (χ3v) is 2.82. The molecule has 1 unspecified atom stereocenters. The van der Waals surface area contributed by atoms with Crippen molar-refractivity contribution in [2.45, 2.75) is 18.9 Å². The first-order valence-electron chi connectivity index (χ1n) is 6.55. The summed E-state index contributed by atoms with van der Waals surface area (Å²) in [7, 11) is 0. The van der Waals surface area contributed by atoms with Crippen molar-refractivity contribution in [3.63, 3.8) is 0 Å². The average molecular weight is 293 g/mol. The van der Waals surface area contributed by atoms with Gasteiger partial charge < -0.3 is 21.5 Å².